The molecule has 1 aliphatic heterocycles. The van der Waals surface area contributed by atoms with Gasteiger partial charge < -0.3 is 24.8 Å². The number of likely N-dealkylation sites (tertiary alicyclic amines) is 1. The van der Waals surface area contributed by atoms with Gasteiger partial charge in [-0.3, -0.25) is 4.79 Å². The van der Waals surface area contributed by atoms with Crippen LogP contribution < -0.4 is 5.73 Å². The number of nitrogens with zero attached hydrogens (tertiary/aromatic N) is 1. The third-order valence-electron chi connectivity index (χ3n) is 4.41. The number of ether oxygens (including phenoxy) is 3. The van der Waals surface area contributed by atoms with Crippen LogP contribution in [0.4, 0.5) is 4.39 Å². The lowest BCUT2D eigenvalue weighted by Gasteiger charge is -2.32. The van der Waals surface area contributed by atoms with Crippen LogP contribution >= 0.6 is 0 Å². The number of carbonyl (C=O) groups excluding carboxylic acids is 1. The number of piperidine rings is 1. The second kappa shape index (κ2) is 11.2. The Morgan fingerprint density at radius 2 is 2.04 bits per heavy atom. The Balaban J connectivity index is 1.87. The van der Waals surface area contributed by atoms with Crippen LogP contribution in [0.25, 0.3) is 0 Å². The predicted octanol–water partition coefficient (Wildman–Crippen LogP) is 1.96. The fourth-order valence-corrected chi connectivity index (χ4v) is 2.88. The SMILES string of the molecule is COCCOCc1cc(C(=O)N2CCC(OCCCN)CC2)ccc1F. The van der Waals surface area contributed by atoms with Gasteiger partial charge in [-0.2, -0.15) is 0 Å². The van der Waals surface area contributed by atoms with Gasteiger partial charge in [-0.25, -0.2) is 4.39 Å². The molecule has 0 atom stereocenters. The summed E-state index contributed by atoms with van der Waals surface area (Å²) in [6.07, 6.45) is 2.66. The quantitative estimate of drug-likeness (QED) is 0.639. The van der Waals surface area contributed by atoms with Crippen molar-refractivity contribution in [1.29, 1.82) is 0 Å². The lowest BCUT2D eigenvalue weighted by molar-refractivity contribution is 0.00843. The summed E-state index contributed by atoms with van der Waals surface area (Å²) < 4.78 is 29.9. The van der Waals surface area contributed by atoms with Gasteiger partial charge in [-0.15, -0.1) is 0 Å². The first-order chi connectivity index (χ1) is 12.7. The average Bonchev–Trinajstić information content (AvgIpc) is 2.67. The molecule has 1 aromatic carbocycles. The van der Waals surface area contributed by atoms with Crippen LogP contribution in [0.1, 0.15) is 35.2 Å². The van der Waals surface area contributed by atoms with Crippen LogP contribution in [0.2, 0.25) is 0 Å². The highest BCUT2D eigenvalue weighted by molar-refractivity contribution is 5.94. The molecular weight excluding hydrogens is 339 g/mol. The zero-order chi connectivity index (χ0) is 18.8. The van der Waals surface area contributed by atoms with Gasteiger partial charge in [0, 0.05) is 37.9 Å². The van der Waals surface area contributed by atoms with E-state index in [1.54, 1.807) is 18.1 Å². The minimum atomic E-state index is -0.369. The number of nitrogens with two attached hydrogens (primary N) is 1. The van der Waals surface area contributed by atoms with Gasteiger partial charge in [0.2, 0.25) is 0 Å². The maximum atomic E-state index is 13.9. The van der Waals surface area contributed by atoms with E-state index < -0.39 is 0 Å². The van der Waals surface area contributed by atoms with Gasteiger partial charge >= 0.3 is 0 Å². The number of halogens is 1. The molecule has 26 heavy (non-hydrogen) atoms. The van der Waals surface area contributed by atoms with Crippen molar-refractivity contribution in [3.63, 3.8) is 0 Å². The average molecular weight is 368 g/mol. The Hall–Kier alpha value is -1.54. The summed E-state index contributed by atoms with van der Waals surface area (Å²) in [6.45, 7) is 3.52. The number of rotatable bonds is 10. The molecule has 1 saturated heterocycles. The van der Waals surface area contributed by atoms with E-state index in [0.29, 0.717) is 50.6 Å². The van der Waals surface area contributed by atoms with Crippen molar-refractivity contribution in [3.8, 4) is 0 Å². The van der Waals surface area contributed by atoms with E-state index in [1.165, 1.54) is 12.1 Å². The normalized spacial score (nSPS) is 15.4. The molecule has 0 spiro atoms. The summed E-state index contributed by atoms with van der Waals surface area (Å²) in [4.78, 5) is 14.5. The Morgan fingerprint density at radius 3 is 2.73 bits per heavy atom. The van der Waals surface area contributed by atoms with Crippen LogP contribution in [0.3, 0.4) is 0 Å². The number of amides is 1. The molecular formula is C19H29FN2O4. The summed E-state index contributed by atoms with van der Waals surface area (Å²) in [5.74, 6) is -0.450. The van der Waals surface area contributed by atoms with Crippen LogP contribution in [-0.4, -0.2) is 63.5 Å². The molecule has 6 nitrogen and oxygen atoms in total. The van der Waals surface area contributed by atoms with Gasteiger partial charge in [0.25, 0.3) is 5.91 Å². The summed E-state index contributed by atoms with van der Waals surface area (Å²) in [5.41, 5.74) is 6.33. The molecule has 2 N–H and O–H groups in total. The number of hydrogen-bond acceptors (Lipinski definition) is 5. The van der Waals surface area contributed by atoms with E-state index in [0.717, 1.165) is 19.3 Å². The van der Waals surface area contributed by atoms with Crippen LogP contribution in [-0.2, 0) is 20.8 Å². The van der Waals surface area contributed by atoms with E-state index >= 15 is 0 Å². The number of hydrogen-bond donors (Lipinski definition) is 1. The molecule has 1 aliphatic rings. The third kappa shape index (κ3) is 6.32. The Kier molecular flexibility index (Phi) is 8.97. The van der Waals surface area contributed by atoms with E-state index in [4.69, 9.17) is 19.9 Å². The van der Waals surface area contributed by atoms with Crippen molar-refractivity contribution in [2.24, 2.45) is 5.73 Å². The number of benzene rings is 1. The van der Waals surface area contributed by atoms with Crippen molar-refractivity contribution in [2.75, 3.05) is 46.6 Å². The van der Waals surface area contributed by atoms with Crippen molar-refractivity contribution < 1.29 is 23.4 Å². The fourth-order valence-electron chi connectivity index (χ4n) is 2.88. The molecule has 7 heteroatoms. The second-order valence-electron chi connectivity index (χ2n) is 6.36. The lowest BCUT2D eigenvalue weighted by atomic mass is 10.0. The molecule has 1 amide bonds. The molecule has 0 bridgehead atoms. The molecule has 1 fully saturated rings. The lowest BCUT2D eigenvalue weighted by Crippen LogP contribution is -2.41. The molecule has 0 unspecified atom stereocenters. The molecule has 2 rings (SSSR count). The van der Waals surface area contributed by atoms with Gasteiger partial charge in [-0.1, -0.05) is 0 Å². The van der Waals surface area contributed by atoms with E-state index in [1.807, 2.05) is 0 Å². The van der Waals surface area contributed by atoms with Crippen molar-refractivity contribution in [3.05, 3.63) is 35.1 Å². The second-order valence-corrected chi connectivity index (χ2v) is 6.36. The minimum Gasteiger partial charge on any atom is -0.382 e. The standard InChI is InChI=1S/C19H29FN2O4/c1-24-11-12-25-14-16-13-15(3-4-18(16)20)19(23)22-8-5-17(6-9-22)26-10-2-7-21/h3-4,13,17H,2,5-12,14,21H2,1H3. The zero-order valence-corrected chi connectivity index (χ0v) is 15.4. The summed E-state index contributed by atoms with van der Waals surface area (Å²) in [7, 11) is 1.58. The molecule has 0 radical (unpaired) electrons. The molecule has 1 heterocycles. The van der Waals surface area contributed by atoms with Gasteiger partial charge in [0.1, 0.15) is 5.82 Å². The maximum Gasteiger partial charge on any atom is 0.253 e. The Morgan fingerprint density at radius 1 is 1.27 bits per heavy atom. The van der Waals surface area contributed by atoms with Gasteiger partial charge in [-0.05, 0) is 44.0 Å². The zero-order valence-electron chi connectivity index (χ0n) is 15.4. The van der Waals surface area contributed by atoms with Crippen LogP contribution in [0.15, 0.2) is 18.2 Å². The summed E-state index contributed by atoms with van der Waals surface area (Å²) in [5, 5.41) is 0. The monoisotopic (exact) mass is 368 g/mol. The van der Waals surface area contributed by atoms with Crippen molar-refractivity contribution in [2.45, 2.75) is 32.0 Å². The van der Waals surface area contributed by atoms with E-state index in [-0.39, 0.29) is 24.4 Å². The smallest absolute Gasteiger partial charge is 0.253 e. The van der Waals surface area contributed by atoms with Crippen LogP contribution in [0, 0.1) is 5.82 Å². The van der Waals surface area contributed by atoms with E-state index in [2.05, 4.69) is 0 Å². The predicted molar refractivity (Wildman–Crippen MR) is 96.5 cm³/mol. The molecule has 1 aromatic rings. The number of carbonyl (C=O) groups is 1. The fraction of sp³-hybridized carbons (Fsp3) is 0.632. The van der Waals surface area contributed by atoms with Crippen LogP contribution in [0.5, 0.6) is 0 Å². The van der Waals surface area contributed by atoms with E-state index in [9.17, 15) is 9.18 Å². The Labute approximate surface area is 154 Å². The van der Waals surface area contributed by atoms with Gasteiger partial charge in [0.05, 0.1) is 25.9 Å². The molecule has 0 aliphatic carbocycles. The molecule has 0 aromatic heterocycles. The Bertz CT molecular complexity index is 562. The topological polar surface area (TPSA) is 74.0 Å². The molecule has 0 saturated carbocycles. The highest BCUT2D eigenvalue weighted by Gasteiger charge is 2.24. The van der Waals surface area contributed by atoms with Crippen molar-refractivity contribution in [1.82, 2.24) is 4.90 Å². The van der Waals surface area contributed by atoms with Crippen molar-refractivity contribution >= 4 is 5.91 Å². The largest absolute Gasteiger partial charge is 0.382 e. The highest BCUT2D eigenvalue weighted by atomic mass is 19.1. The number of methoxy groups -OCH3 is 1. The first-order valence-electron chi connectivity index (χ1n) is 9.11. The summed E-state index contributed by atoms with van der Waals surface area (Å²) in [6, 6.07) is 4.43. The van der Waals surface area contributed by atoms with Gasteiger partial charge in [0.15, 0.2) is 0 Å². The highest BCUT2D eigenvalue weighted by Crippen LogP contribution is 2.18. The molecule has 146 valence electrons. The minimum absolute atomic E-state index is 0.0800. The third-order valence-corrected chi connectivity index (χ3v) is 4.41. The maximum absolute atomic E-state index is 13.9. The first-order valence-corrected chi connectivity index (χ1v) is 9.11. The first kappa shape index (κ1) is 20.8. The summed E-state index contributed by atoms with van der Waals surface area (Å²) >= 11 is 0.